The van der Waals surface area contributed by atoms with Crippen molar-refractivity contribution in [3.8, 4) is 0 Å². The molecular weight excluding hydrogens is 190 g/mol. The van der Waals surface area contributed by atoms with Gasteiger partial charge in [-0.05, 0) is 32.9 Å². The number of methoxy groups -OCH3 is 1. The van der Waals surface area contributed by atoms with E-state index in [1.165, 1.54) is 0 Å². The number of nitrogens with zero attached hydrogens (tertiary/aromatic N) is 1. The van der Waals surface area contributed by atoms with Gasteiger partial charge in [0.1, 0.15) is 0 Å². The number of amidine groups is 1. The average Bonchev–Trinajstić information content (AvgIpc) is 2.19. The Bertz CT molecular complexity index is 222. The van der Waals surface area contributed by atoms with Crippen LogP contribution in [-0.4, -0.2) is 43.6 Å². The van der Waals surface area contributed by atoms with Gasteiger partial charge in [-0.1, -0.05) is 6.92 Å². The molecule has 1 atom stereocenters. The van der Waals surface area contributed by atoms with Gasteiger partial charge in [-0.2, -0.15) is 0 Å². The van der Waals surface area contributed by atoms with Crippen LogP contribution in [0.15, 0.2) is 0 Å². The van der Waals surface area contributed by atoms with Gasteiger partial charge in [-0.15, -0.1) is 0 Å². The van der Waals surface area contributed by atoms with Crippen molar-refractivity contribution in [3.05, 3.63) is 0 Å². The molecule has 0 bridgehead atoms. The van der Waals surface area contributed by atoms with E-state index >= 15 is 0 Å². The van der Waals surface area contributed by atoms with E-state index in [2.05, 4.69) is 18.7 Å². The summed E-state index contributed by atoms with van der Waals surface area (Å²) in [5, 5.41) is 7.57. The number of likely N-dealkylation sites (tertiary alicyclic amines) is 1. The van der Waals surface area contributed by atoms with Crippen molar-refractivity contribution in [2.24, 2.45) is 11.1 Å². The molecule has 0 aromatic heterocycles. The minimum Gasteiger partial charge on any atom is -0.387 e. The van der Waals surface area contributed by atoms with Gasteiger partial charge in [0, 0.05) is 18.6 Å². The fourth-order valence-electron chi connectivity index (χ4n) is 2.07. The van der Waals surface area contributed by atoms with Crippen LogP contribution in [0.2, 0.25) is 0 Å². The first-order chi connectivity index (χ1) is 6.99. The summed E-state index contributed by atoms with van der Waals surface area (Å²) >= 11 is 0. The number of hydrogen-bond donors (Lipinski definition) is 2. The van der Waals surface area contributed by atoms with Crippen LogP contribution < -0.4 is 5.73 Å². The second-order valence-corrected chi connectivity index (χ2v) is 4.81. The lowest BCUT2D eigenvalue weighted by Gasteiger charge is -2.41. The number of nitrogens with one attached hydrogen (secondary N) is 1. The summed E-state index contributed by atoms with van der Waals surface area (Å²) in [7, 11) is 1.74. The summed E-state index contributed by atoms with van der Waals surface area (Å²) in [4.78, 5) is 2.41. The van der Waals surface area contributed by atoms with E-state index in [-0.39, 0.29) is 5.41 Å². The molecule has 4 nitrogen and oxygen atoms in total. The Kier molecular flexibility index (Phi) is 4.11. The molecule has 0 aromatic carbocycles. The van der Waals surface area contributed by atoms with Crippen LogP contribution in [-0.2, 0) is 4.74 Å². The maximum Gasteiger partial charge on any atom is 0.0966 e. The van der Waals surface area contributed by atoms with E-state index in [9.17, 15) is 0 Å². The Morgan fingerprint density at radius 1 is 1.53 bits per heavy atom. The zero-order valence-corrected chi connectivity index (χ0v) is 10.0. The minimum absolute atomic E-state index is 0.0801. The molecule has 0 saturated carbocycles. The topological polar surface area (TPSA) is 62.3 Å². The smallest absolute Gasteiger partial charge is 0.0966 e. The summed E-state index contributed by atoms with van der Waals surface area (Å²) in [5.41, 5.74) is 5.54. The highest BCUT2D eigenvalue weighted by Crippen LogP contribution is 2.31. The van der Waals surface area contributed by atoms with Crippen molar-refractivity contribution in [1.29, 1.82) is 5.41 Å². The van der Waals surface area contributed by atoms with E-state index in [0.717, 1.165) is 32.5 Å². The summed E-state index contributed by atoms with van der Waals surface area (Å²) < 4.78 is 5.15. The molecule has 1 rings (SSSR count). The summed E-state index contributed by atoms with van der Waals surface area (Å²) in [6.07, 6.45) is 1.97. The third-order valence-electron chi connectivity index (χ3n) is 3.58. The van der Waals surface area contributed by atoms with Crippen molar-refractivity contribution in [2.75, 3.05) is 26.8 Å². The lowest BCUT2D eigenvalue weighted by molar-refractivity contribution is 0.0660. The van der Waals surface area contributed by atoms with E-state index in [1.807, 2.05) is 0 Å². The van der Waals surface area contributed by atoms with Crippen molar-refractivity contribution in [1.82, 2.24) is 4.90 Å². The average molecular weight is 213 g/mol. The molecule has 0 aliphatic carbocycles. The summed E-state index contributed by atoms with van der Waals surface area (Å²) in [5.74, 6) is 0.335. The second kappa shape index (κ2) is 4.94. The Morgan fingerprint density at radius 2 is 2.07 bits per heavy atom. The Hall–Kier alpha value is -0.610. The molecule has 15 heavy (non-hydrogen) atoms. The molecule has 1 fully saturated rings. The summed E-state index contributed by atoms with van der Waals surface area (Å²) in [6, 6.07) is 0.464. The molecule has 0 aromatic rings. The van der Waals surface area contributed by atoms with Gasteiger partial charge in [-0.3, -0.25) is 10.3 Å². The van der Waals surface area contributed by atoms with Crippen molar-refractivity contribution >= 4 is 5.84 Å². The molecule has 0 radical (unpaired) electrons. The number of piperidine rings is 1. The zero-order valence-electron chi connectivity index (χ0n) is 10.0. The Balaban J connectivity index is 2.45. The maximum absolute atomic E-state index is 7.57. The molecule has 3 N–H and O–H groups in total. The van der Waals surface area contributed by atoms with Crippen LogP contribution in [0.3, 0.4) is 0 Å². The van der Waals surface area contributed by atoms with Crippen LogP contribution in [0.1, 0.15) is 26.7 Å². The number of rotatable bonds is 4. The molecule has 1 aliphatic heterocycles. The van der Waals surface area contributed by atoms with Gasteiger partial charge < -0.3 is 10.5 Å². The Labute approximate surface area is 92.3 Å². The van der Waals surface area contributed by atoms with E-state index in [0.29, 0.717) is 11.9 Å². The monoisotopic (exact) mass is 213 g/mol. The predicted octanol–water partition coefficient (Wildman–Crippen LogP) is 1.06. The molecule has 1 heterocycles. The van der Waals surface area contributed by atoms with Crippen molar-refractivity contribution in [3.63, 3.8) is 0 Å². The lowest BCUT2D eigenvalue weighted by Crippen LogP contribution is -2.48. The first kappa shape index (κ1) is 12.5. The zero-order chi connectivity index (χ0) is 11.5. The molecule has 1 aliphatic rings. The lowest BCUT2D eigenvalue weighted by atomic mass is 9.79. The van der Waals surface area contributed by atoms with Gasteiger partial charge in [0.25, 0.3) is 0 Å². The Morgan fingerprint density at radius 3 is 2.47 bits per heavy atom. The van der Waals surface area contributed by atoms with Crippen LogP contribution >= 0.6 is 0 Å². The number of nitrogens with two attached hydrogens (primary N) is 1. The molecule has 0 amide bonds. The minimum atomic E-state index is -0.0801. The highest BCUT2D eigenvalue weighted by molar-refractivity contribution is 5.83. The van der Waals surface area contributed by atoms with Crippen LogP contribution in [0.4, 0.5) is 0 Å². The number of hydrogen-bond acceptors (Lipinski definition) is 3. The van der Waals surface area contributed by atoms with Crippen LogP contribution in [0.5, 0.6) is 0 Å². The van der Waals surface area contributed by atoms with Crippen molar-refractivity contribution < 1.29 is 4.74 Å². The van der Waals surface area contributed by atoms with Crippen molar-refractivity contribution in [2.45, 2.75) is 32.7 Å². The second-order valence-electron chi connectivity index (χ2n) is 4.81. The molecular formula is C11H23N3O. The fraction of sp³-hybridized carbons (Fsp3) is 0.909. The summed E-state index contributed by atoms with van der Waals surface area (Å²) in [6.45, 7) is 7.07. The van der Waals surface area contributed by atoms with Crippen LogP contribution in [0.25, 0.3) is 0 Å². The van der Waals surface area contributed by atoms with Gasteiger partial charge >= 0.3 is 0 Å². The van der Waals surface area contributed by atoms with Gasteiger partial charge in [0.05, 0.1) is 12.4 Å². The molecule has 88 valence electrons. The first-order valence-corrected chi connectivity index (χ1v) is 5.57. The standard InChI is InChI=1S/C11H23N3O/c1-9(8-15-3)14-6-4-11(2,5-7-14)10(12)13/h9H,4-8H2,1-3H3,(H3,12,13). The maximum atomic E-state index is 7.57. The first-order valence-electron chi connectivity index (χ1n) is 5.57. The quantitative estimate of drug-likeness (QED) is 0.542. The third kappa shape index (κ3) is 2.92. The van der Waals surface area contributed by atoms with Gasteiger partial charge in [-0.25, -0.2) is 0 Å². The fourth-order valence-corrected chi connectivity index (χ4v) is 2.07. The van der Waals surface area contributed by atoms with Gasteiger partial charge in [0.2, 0.25) is 0 Å². The molecule has 1 unspecified atom stereocenters. The van der Waals surface area contributed by atoms with E-state index < -0.39 is 0 Å². The number of ether oxygens (including phenoxy) is 1. The third-order valence-corrected chi connectivity index (χ3v) is 3.58. The van der Waals surface area contributed by atoms with E-state index in [4.69, 9.17) is 15.9 Å². The van der Waals surface area contributed by atoms with Crippen LogP contribution in [0, 0.1) is 10.8 Å². The molecule has 0 spiro atoms. The largest absolute Gasteiger partial charge is 0.387 e. The SMILES string of the molecule is COCC(C)N1CCC(C)(C(=N)N)CC1. The molecule has 4 heteroatoms. The van der Waals surface area contributed by atoms with E-state index in [1.54, 1.807) is 7.11 Å². The predicted molar refractivity (Wildman–Crippen MR) is 62.2 cm³/mol. The highest BCUT2D eigenvalue weighted by atomic mass is 16.5. The van der Waals surface area contributed by atoms with Gasteiger partial charge in [0.15, 0.2) is 0 Å². The molecule has 1 saturated heterocycles. The highest BCUT2D eigenvalue weighted by Gasteiger charge is 2.33. The normalized spacial score (nSPS) is 23.7.